The molecule has 17 heavy (non-hydrogen) atoms. The zero-order valence-electron chi connectivity index (χ0n) is 9.47. The highest BCUT2D eigenvalue weighted by Gasteiger charge is 2.32. The van der Waals surface area contributed by atoms with Crippen LogP contribution in [0.2, 0.25) is 0 Å². The molecule has 1 aliphatic carbocycles. The first-order chi connectivity index (χ1) is 8.24. The molecule has 0 bridgehead atoms. The van der Waals surface area contributed by atoms with Gasteiger partial charge in [-0.05, 0) is 6.92 Å². The monoisotopic (exact) mass is 228 g/mol. The number of ketones is 1. The Balaban J connectivity index is 2.30. The van der Waals surface area contributed by atoms with Crippen molar-refractivity contribution >= 4 is 5.78 Å². The predicted octanol–water partition coefficient (Wildman–Crippen LogP) is 1.40. The van der Waals surface area contributed by atoms with Crippen molar-refractivity contribution in [2.24, 2.45) is 0 Å². The van der Waals surface area contributed by atoms with Gasteiger partial charge in [-0.15, -0.1) is 0 Å². The number of hydrogen-bond donors (Lipinski definition) is 1. The van der Waals surface area contributed by atoms with E-state index in [1.165, 1.54) is 0 Å². The number of nitrogens with zero attached hydrogens (tertiary/aromatic N) is 2. The van der Waals surface area contributed by atoms with Gasteiger partial charge >= 0.3 is 0 Å². The molecule has 0 unspecified atom stereocenters. The first-order valence-corrected chi connectivity index (χ1v) is 5.56. The van der Waals surface area contributed by atoms with Crippen LogP contribution in [-0.2, 0) is 6.54 Å². The minimum absolute atomic E-state index is 0.0178. The average molecular weight is 228 g/mol. The van der Waals surface area contributed by atoms with Crippen molar-refractivity contribution < 1.29 is 9.90 Å². The molecule has 1 N–H and O–H groups in total. The highest BCUT2D eigenvalue weighted by atomic mass is 16.3. The van der Waals surface area contributed by atoms with Crippen molar-refractivity contribution in [3.05, 3.63) is 41.1 Å². The van der Waals surface area contributed by atoms with Crippen LogP contribution < -0.4 is 0 Å². The summed E-state index contributed by atoms with van der Waals surface area (Å²) in [4.78, 5) is 12.2. The lowest BCUT2D eigenvalue weighted by molar-refractivity contribution is 0.104. The molecular weight excluding hydrogens is 216 g/mol. The largest absolute Gasteiger partial charge is 0.394 e. The topological polar surface area (TPSA) is 55.1 Å². The molecule has 0 atom stereocenters. The summed E-state index contributed by atoms with van der Waals surface area (Å²) < 4.78 is 1.72. The van der Waals surface area contributed by atoms with Gasteiger partial charge in [-0.25, -0.2) is 0 Å². The summed E-state index contributed by atoms with van der Waals surface area (Å²) in [5, 5.41) is 13.3. The van der Waals surface area contributed by atoms with Crippen LogP contribution in [0.1, 0.15) is 21.6 Å². The highest BCUT2D eigenvalue weighted by Crippen LogP contribution is 2.37. The van der Waals surface area contributed by atoms with Gasteiger partial charge in [0.05, 0.1) is 30.1 Å². The maximum atomic E-state index is 12.2. The van der Waals surface area contributed by atoms with Gasteiger partial charge in [-0.2, -0.15) is 5.10 Å². The number of aliphatic hydroxyl groups excluding tert-OH is 1. The second-order valence-corrected chi connectivity index (χ2v) is 4.13. The number of carbonyl (C=O) groups is 1. The van der Waals surface area contributed by atoms with E-state index >= 15 is 0 Å². The Labute approximate surface area is 98.5 Å². The molecule has 0 amide bonds. The molecule has 0 radical (unpaired) electrons. The Morgan fingerprint density at radius 3 is 2.71 bits per heavy atom. The van der Waals surface area contributed by atoms with E-state index in [0.29, 0.717) is 12.1 Å². The van der Waals surface area contributed by atoms with Gasteiger partial charge < -0.3 is 5.11 Å². The van der Waals surface area contributed by atoms with E-state index in [-0.39, 0.29) is 12.4 Å². The molecule has 0 saturated heterocycles. The number of hydrogen-bond acceptors (Lipinski definition) is 3. The van der Waals surface area contributed by atoms with Crippen LogP contribution in [0.15, 0.2) is 24.3 Å². The van der Waals surface area contributed by atoms with Gasteiger partial charge in [-0.1, -0.05) is 24.3 Å². The lowest BCUT2D eigenvalue weighted by Crippen LogP contribution is -2.05. The summed E-state index contributed by atoms with van der Waals surface area (Å²) in [6.07, 6.45) is 0. The number of aryl methyl sites for hydroxylation is 1. The third kappa shape index (κ3) is 1.27. The fourth-order valence-corrected chi connectivity index (χ4v) is 2.41. The summed E-state index contributed by atoms with van der Waals surface area (Å²) in [6, 6.07) is 7.53. The van der Waals surface area contributed by atoms with Crippen molar-refractivity contribution in [3.63, 3.8) is 0 Å². The highest BCUT2D eigenvalue weighted by molar-refractivity contribution is 6.21. The molecule has 1 aromatic carbocycles. The predicted molar refractivity (Wildman–Crippen MR) is 62.9 cm³/mol. The van der Waals surface area contributed by atoms with Crippen LogP contribution in [0.4, 0.5) is 0 Å². The SMILES string of the molecule is Cc1nn(CCO)c2c1C(=O)c1ccccc1-2. The zero-order chi connectivity index (χ0) is 12.0. The van der Waals surface area contributed by atoms with Crippen LogP contribution in [0, 0.1) is 6.92 Å². The van der Waals surface area contributed by atoms with E-state index in [1.807, 2.05) is 31.2 Å². The van der Waals surface area contributed by atoms with E-state index in [4.69, 9.17) is 5.11 Å². The second-order valence-electron chi connectivity index (χ2n) is 4.13. The Kier molecular flexibility index (Phi) is 2.12. The average Bonchev–Trinajstić information content (AvgIpc) is 2.80. The maximum Gasteiger partial charge on any atom is 0.197 e. The molecule has 1 aliphatic rings. The van der Waals surface area contributed by atoms with Gasteiger partial charge in [0.25, 0.3) is 0 Å². The molecule has 2 aromatic rings. The van der Waals surface area contributed by atoms with Crippen molar-refractivity contribution in [1.82, 2.24) is 9.78 Å². The molecule has 86 valence electrons. The van der Waals surface area contributed by atoms with Gasteiger partial charge in [0.15, 0.2) is 5.78 Å². The van der Waals surface area contributed by atoms with Crippen LogP contribution in [-0.4, -0.2) is 27.3 Å². The summed E-state index contributed by atoms with van der Waals surface area (Å²) in [5.74, 6) is 0.0392. The van der Waals surface area contributed by atoms with Crippen LogP contribution in [0.3, 0.4) is 0 Å². The number of fused-ring (bicyclic) bond motifs is 3. The normalized spacial score (nSPS) is 12.7. The van der Waals surface area contributed by atoms with E-state index in [9.17, 15) is 4.79 Å². The van der Waals surface area contributed by atoms with Crippen LogP contribution in [0.5, 0.6) is 0 Å². The molecule has 4 heteroatoms. The number of benzene rings is 1. The summed E-state index contributed by atoms with van der Waals surface area (Å²) >= 11 is 0. The van der Waals surface area contributed by atoms with E-state index in [1.54, 1.807) is 4.68 Å². The van der Waals surface area contributed by atoms with Crippen LogP contribution >= 0.6 is 0 Å². The number of rotatable bonds is 2. The quantitative estimate of drug-likeness (QED) is 0.721. The fourth-order valence-electron chi connectivity index (χ4n) is 2.41. The first kappa shape index (κ1) is 10.2. The maximum absolute atomic E-state index is 12.2. The van der Waals surface area contributed by atoms with Gasteiger partial charge in [-0.3, -0.25) is 9.48 Å². The summed E-state index contributed by atoms with van der Waals surface area (Å²) in [6.45, 7) is 2.26. The Morgan fingerprint density at radius 2 is 2.00 bits per heavy atom. The number of aliphatic hydroxyl groups is 1. The molecule has 0 aliphatic heterocycles. The van der Waals surface area contributed by atoms with Crippen molar-refractivity contribution in [2.45, 2.75) is 13.5 Å². The third-order valence-electron chi connectivity index (χ3n) is 3.09. The van der Waals surface area contributed by atoms with Crippen molar-refractivity contribution in [2.75, 3.05) is 6.61 Å². The zero-order valence-corrected chi connectivity index (χ0v) is 9.47. The lowest BCUT2D eigenvalue weighted by atomic mass is 10.1. The number of aromatic nitrogens is 2. The summed E-state index contributed by atoms with van der Waals surface area (Å²) in [7, 11) is 0. The summed E-state index contributed by atoms with van der Waals surface area (Å²) in [5.41, 5.74) is 3.91. The van der Waals surface area contributed by atoms with Gasteiger partial charge in [0, 0.05) is 11.1 Å². The Bertz CT molecular complexity index is 614. The van der Waals surface area contributed by atoms with Gasteiger partial charge in [0.1, 0.15) is 0 Å². The molecule has 1 heterocycles. The Hall–Kier alpha value is -1.94. The van der Waals surface area contributed by atoms with E-state index in [2.05, 4.69) is 5.10 Å². The second kappa shape index (κ2) is 3.53. The molecule has 3 rings (SSSR count). The third-order valence-corrected chi connectivity index (χ3v) is 3.09. The number of carbonyl (C=O) groups excluding carboxylic acids is 1. The van der Waals surface area contributed by atoms with E-state index in [0.717, 1.165) is 22.5 Å². The van der Waals surface area contributed by atoms with Crippen LogP contribution in [0.25, 0.3) is 11.3 Å². The van der Waals surface area contributed by atoms with Crippen molar-refractivity contribution in [3.8, 4) is 11.3 Å². The molecule has 1 aromatic heterocycles. The van der Waals surface area contributed by atoms with Crippen molar-refractivity contribution in [1.29, 1.82) is 0 Å². The molecule has 0 fully saturated rings. The molecule has 4 nitrogen and oxygen atoms in total. The smallest absolute Gasteiger partial charge is 0.197 e. The lowest BCUT2D eigenvalue weighted by Gasteiger charge is -2.04. The van der Waals surface area contributed by atoms with Gasteiger partial charge in [0.2, 0.25) is 0 Å². The standard InChI is InChI=1S/C13H12N2O2/c1-8-11-12(15(14-8)6-7-16)9-4-2-3-5-10(9)13(11)17/h2-5,16H,6-7H2,1H3. The minimum atomic E-state index is 0.0178. The molecule has 0 saturated carbocycles. The fraction of sp³-hybridized carbons (Fsp3) is 0.231. The molecule has 0 spiro atoms. The Morgan fingerprint density at radius 1 is 1.29 bits per heavy atom. The minimum Gasteiger partial charge on any atom is -0.394 e. The molecular formula is C13H12N2O2. The first-order valence-electron chi connectivity index (χ1n) is 5.56. The van der Waals surface area contributed by atoms with E-state index < -0.39 is 0 Å².